The lowest BCUT2D eigenvalue weighted by molar-refractivity contribution is -0.0827. The molecule has 5 heteroatoms. The van der Waals surface area contributed by atoms with Gasteiger partial charge in [0.15, 0.2) is 0 Å². The summed E-state index contributed by atoms with van der Waals surface area (Å²) in [5.41, 5.74) is 2.66. The molecule has 1 heterocycles. The average Bonchev–Trinajstić information content (AvgIpc) is 2.58. The summed E-state index contributed by atoms with van der Waals surface area (Å²) < 4.78 is 18.2. The molecular weight excluding hydrogens is 372 g/mol. The van der Waals surface area contributed by atoms with Crippen LogP contribution >= 0.6 is 15.9 Å². The maximum atomic E-state index is 10.6. The van der Waals surface area contributed by atoms with Gasteiger partial charge in [0.25, 0.3) is 0 Å². The number of aliphatic hydroxyl groups is 1. The van der Waals surface area contributed by atoms with Crippen LogP contribution in [0.15, 0.2) is 40.9 Å². The van der Waals surface area contributed by atoms with Gasteiger partial charge in [-0.1, -0.05) is 30.3 Å². The molecule has 128 valence electrons. The molecule has 0 amide bonds. The van der Waals surface area contributed by atoms with Gasteiger partial charge in [-0.25, -0.2) is 0 Å². The molecule has 0 saturated carbocycles. The topological polar surface area (TPSA) is 47.9 Å². The van der Waals surface area contributed by atoms with Crippen LogP contribution in [-0.2, 0) is 11.3 Å². The number of rotatable bonds is 4. The molecule has 2 aromatic carbocycles. The van der Waals surface area contributed by atoms with E-state index in [-0.39, 0.29) is 12.2 Å². The molecule has 0 fully saturated rings. The maximum absolute atomic E-state index is 10.6. The molecule has 24 heavy (non-hydrogen) atoms. The molecule has 0 saturated heterocycles. The first-order valence-corrected chi connectivity index (χ1v) is 8.72. The van der Waals surface area contributed by atoms with Crippen molar-refractivity contribution in [2.75, 3.05) is 7.11 Å². The lowest BCUT2D eigenvalue weighted by Crippen LogP contribution is -2.28. The molecule has 0 aliphatic carbocycles. The summed E-state index contributed by atoms with van der Waals surface area (Å²) in [6, 6.07) is 11.8. The molecule has 3 atom stereocenters. The Morgan fingerprint density at radius 3 is 2.54 bits per heavy atom. The van der Waals surface area contributed by atoms with Gasteiger partial charge < -0.3 is 19.3 Å². The Morgan fingerprint density at radius 2 is 1.88 bits per heavy atom. The van der Waals surface area contributed by atoms with Gasteiger partial charge in [-0.05, 0) is 41.4 Å². The van der Waals surface area contributed by atoms with Crippen LogP contribution in [0.2, 0.25) is 0 Å². The summed E-state index contributed by atoms with van der Waals surface area (Å²) in [6.45, 7) is 4.26. The van der Waals surface area contributed by atoms with E-state index in [0.29, 0.717) is 18.1 Å². The van der Waals surface area contributed by atoms with Crippen LogP contribution in [0.3, 0.4) is 0 Å². The second kappa shape index (κ2) is 7.13. The van der Waals surface area contributed by atoms with Crippen LogP contribution in [0, 0.1) is 0 Å². The number of methoxy groups -OCH3 is 1. The van der Waals surface area contributed by atoms with Gasteiger partial charge in [0.05, 0.1) is 23.8 Å². The number of fused-ring (bicyclic) bond motifs is 1. The summed E-state index contributed by atoms with van der Waals surface area (Å²) in [4.78, 5) is 0. The van der Waals surface area contributed by atoms with E-state index in [1.165, 1.54) is 0 Å². The Hall–Kier alpha value is -1.56. The van der Waals surface area contributed by atoms with Gasteiger partial charge in [-0.3, -0.25) is 0 Å². The smallest absolute Gasteiger partial charge is 0.140 e. The zero-order valence-electron chi connectivity index (χ0n) is 14.0. The monoisotopic (exact) mass is 392 g/mol. The standard InChI is InChI=1S/C19H21BrO4/c1-11-16-17(18(21)12(2)24-11)15(22-3)9-14(20)19(16)23-10-13-7-5-4-6-8-13/h4-9,11-12,18,21H,10H2,1-3H3/t11-,12-,18-/m1/s1. The summed E-state index contributed by atoms with van der Waals surface area (Å²) >= 11 is 3.56. The van der Waals surface area contributed by atoms with Gasteiger partial charge in [0, 0.05) is 11.1 Å². The predicted molar refractivity (Wildman–Crippen MR) is 95.4 cm³/mol. The lowest BCUT2D eigenvalue weighted by atomic mass is 9.91. The number of hydrogen-bond donors (Lipinski definition) is 1. The van der Waals surface area contributed by atoms with Crippen molar-refractivity contribution in [2.45, 2.75) is 38.8 Å². The summed E-state index contributed by atoms with van der Waals surface area (Å²) in [6.07, 6.45) is -1.25. The minimum absolute atomic E-state index is 0.199. The van der Waals surface area contributed by atoms with E-state index in [2.05, 4.69) is 15.9 Å². The summed E-state index contributed by atoms with van der Waals surface area (Å²) in [7, 11) is 1.60. The number of benzene rings is 2. The number of aliphatic hydroxyl groups excluding tert-OH is 1. The van der Waals surface area contributed by atoms with E-state index >= 15 is 0 Å². The third-order valence-corrected chi connectivity index (χ3v) is 4.88. The van der Waals surface area contributed by atoms with E-state index < -0.39 is 6.10 Å². The Balaban J connectivity index is 2.03. The van der Waals surface area contributed by atoms with Crippen LogP contribution in [0.25, 0.3) is 0 Å². The van der Waals surface area contributed by atoms with Gasteiger partial charge in [-0.2, -0.15) is 0 Å². The molecule has 0 aromatic heterocycles. The van der Waals surface area contributed by atoms with Gasteiger partial charge in [0.2, 0.25) is 0 Å². The van der Waals surface area contributed by atoms with Crippen LogP contribution in [-0.4, -0.2) is 18.3 Å². The first-order chi connectivity index (χ1) is 11.5. The molecule has 0 radical (unpaired) electrons. The van der Waals surface area contributed by atoms with Crippen molar-refractivity contribution in [1.29, 1.82) is 0 Å². The highest BCUT2D eigenvalue weighted by Gasteiger charge is 2.36. The van der Waals surface area contributed by atoms with Gasteiger partial charge >= 0.3 is 0 Å². The summed E-state index contributed by atoms with van der Waals surface area (Å²) in [5, 5.41) is 10.6. The van der Waals surface area contributed by atoms with Crippen molar-refractivity contribution in [2.24, 2.45) is 0 Å². The minimum Gasteiger partial charge on any atom is -0.496 e. The predicted octanol–water partition coefficient (Wildman–Crippen LogP) is 4.55. The van der Waals surface area contributed by atoms with E-state index in [1.807, 2.05) is 50.2 Å². The molecule has 4 nitrogen and oxygen atoms in total. The molecule has 1 aliphatic heterocycles. The fourth-order valence-corrected chi connectivity index (χ4v) is 3.63. The number of hydrogen-bond acceptors (Lipinski definition) is 4. The SMILES string of the molecule is COc1cc(Br)c(OCc2ccccc2)c2c1[C@H](O)[C@@H](C)O[C@@H]2C. The fourth-order valence-electron chi connectivity index (χ4n) is 3.10. The molecule has 2 aromatic rings. The highest BCUT2D eigenvalue weighted by molar-refractivity contribution is 9.10. The van der Waals surface area contributed by atoms with Gasteiger partial charge in [-0.15, -0.1) is 0 Å². The largest absolute Gasteiger partial charge is 0.496 e. The van der Waals surface area contributed by atoms with E-state index in [1.54, 1.807) is 7.11 Å². The Morgan fingerprint density at radius 1 is 1.17 bits per heavy atom. The summed E-state index contributed by atoms with van der Waals surface area (Å²) in [5.74, 6) is 1.33. The first kappa shape index (κ1) is 17.3. The minimum atomic E-state index is -0.752. The number of halogens is 1. The average molecular weight is 393 g/mol. The molecule has 1 aliphatic rings. The normalized spacial score (nSPS) is 22.8. The van der Waals surface area contributed by atoms with Crippen molar-refractivity contribution in [3.63, 3.8) is 0 Å². The molecule has 0 bridgehead atoms. The second-order valence-corrected chi connectivity index (χ2v) is 6.77. The van der Waals surface area contributed by atoms with Crippen molar-refractivity contribution >= 4 is 15.9 Å². The molecule has 3 rings (SSSR count). The van der Waals surface area contributed by atoms with E-state index in [4.69, 9.17) is 14.2 Å². The molecule has 0 unspecified atom stereocenters. The first-order valence-electron chi connectivity index (χ1n) is 7.93. The quantitative estimate of drug-likeness (QED) is 0.828. The molecule has 1 N–H and O–H groups in total. The Kier molecular flexibility index (Phi) is 5.13. The number of ether oxygens (including phenoxy) is 3. The lowest BCUT2D eigenvalue weighted by Gasteiger charge is -2.35. The second-order valence-electron chi connectivity index (χ2n) is 5.92. The van der Waals surface area contributed by atoms with Crippen molar-refractivity contribution < 1.29 is 19.3 Å². The van der Waals surface area contributed by atoms with E-state index in [9.17, 15) is 5.11 Å². The zero-order chi connectivity index (χ0) is 17.3. The Labute approximate surface area is 150 Å². The fraction of sp³-hybridized carbons (Fsp3) is 0.368. The molecular formula is C19H21BrO4. The highest BCUT2D eigenvalue weighted by Crippen LogP contribution is 2.49. The van der Waals surface area contributed by atoms with Gasteiger partial charge in [0.1, 0.15) is 24.2 Å². The zero-order valence-corrected chi connectivity index (χ0v) is 15.5. The third-order valence-electron chi connectivity index (χ3n) is 4.29. The van der Waals surface area contributed by atoms with Crippen LogP contribution in [0.1, 0.15) is 42.7 Å². The molecule has 0 spiro atoms. The van der Waals surface area contributed by atoms with Crippen LogP contribution in [0.5, 0.6) is 11.5 Å². The highest BCUT2D eigenvalue weighted by atomic mass is 79.9. The van der Waals surface area contributed by atoms with Crippen molar-refractivity contribution in [1.82, 2.24) is 0 Å². The van der Waals surface area contributed by atoms with E-state index in [0.717, 1.165) is 21.2 Å². The van der Waals surface area contributed by atoms with Crippen molar-refractivity contribution in [3.05, 3.63) is 57.6 Å². The maximum Gasteiger partial charge on any atom is 0.140 e. The van der Waals surface area contributed by atoms with Crippen molar-refractivity contribution in [3.8, 4) is 11.5 Å². The van der Waals surface area contributed by atoms with Crippen LogP contribution in [0.4, 0.5) is 0 Å². The Bertz CT molecular complexity index is 717. The third kappa shape index (κ3) is 3.16. The van der Waals surface area contributed by atoms with Crippen LogP contribution < -0.4 is 9.47 Å².